The van der Waals surface area contributed by atoms with Gasteiger partial charge in [0.25, 0.3) is 0 Å². The fourth-order valence-electron chi connectivity index (χ4n) is 10.8. The van der Waals surface area contributed by atoms with Gasteiger partial charge in [-0.05, 0) is 94.9 Å². The van der Waals surface area contributed by atoms with Crippen molar-refractivity contribution in [3.8, 4) is 11.1 Å². The highest BCUT2D eigenvalue weighted by Crippen LogP contribution is 2.56. The number of carbonyl (C=O) groups excluding carboxylic acids is 5. The zero-order valence-corrected chi connectivity index (χ0v) is 35.9. The largest absolute Gasteiger partial charge is 0.469 e. The molecule has 0 N–H and O–H groups in total. The van der Waals surface area contributed by atoms with Crippen LogP contribution >= 0.6 is 0 Å². The molecule has 2 saturated heterocycles. The standard InChI is InChI=1S/C49H58N4O7/c1-27(2)37(23-43(54)59-5)48(57)52-19-7-9-41(52)39-21-31(25-50-39)29-11-13-30(14-12-29)33-15-16-34(46-36-18-17-35(45(33)46)47(36)56)32-22-40(51-26-32)42-10-8-20-53(42)49(58)38(28(3)4)24-44(55)60-6/h11-16,25-28,35-38,41-42H,7-10,17-24H2,1-6H3/t35?,36?,37-,38+,41-,42+/m0/s1. The lowest BCUT2D eigenvalue weighted by molar-refractivity contribution is -0.148. The molecular formula is C49H58N4O7. The van der Waals surface area contributed by atoms with Crippen LogP contribution in [-0.4, -0.2) is 90.2 Å². The Morgan fingerprint density at radius 2 is 1.08 bits per heavy atom. The number of Topliss-reactive ketones (excluding diaryl/α,β-unsaturated/α-hetero) is 1. The Kier molecular flexibility index (Phi) is 11.8. The van der Waals surface area contributed by atoms with Gasteiger partial charge in [-0.3, -0.25) is 34.0 Å². The fourth-order valence-corrected chi connectivity index (χ4v) is 10.8. The molecule has 11 nitrogen and oxygen atoms in total. The van der Waals surface area contributed by atoms with Gasteiger partial charge in [0.2, 0.25) is 11.8 Å². The number of amides is 2. The second kappa shape index (κ2) is 17.1. The van der Waals surface area contributed by atoms with Crippen LogP contribution in [0.4, 0.5) is 0 Å². The number of allylic oxidation sites excluding steroid dienone is 2. The van der Waals surface area contributed by atoms with Gasteiger partial charge in [0.05, 0.1) is 51.0 Å². The third-order valence-electron chi connectivity index (χ3n) is 14.2. The Bertz CT molecular complexity index is 2210. The number of benzene rings is 2. The first-order valence-electron chi connectivity index (χ1n) is 22.0. The summed E-state index contributed by atoms with van der Waals surface area (Å²) in [6.45, 7) is 9.22. The van der Waals surface area contributed by atoms with Crippen LogP contribution in [0.25, 0.3) is 22.3 Å². The molecule has 3 fully saturated rings. The lowest BCUT2D eigenvalue weighted by atomic mass is 9.80. The topological polar surface area (TPSA) is 135 Å². The Morgan fingerprint density at radius 3 is 1.58 bits per heavy atom. The van der Waals surface area contributed by atoms with Gasteiger partial charge in [0, 0.05) is 61.6 Å². The smallest absolute Gasteiger partial charge is 0.306 e. The summed E-state index contributed by atoms with van der Waals surface area (Å²) >= 11 is 0. The SMILES string of the molecule is COC(=O)C[C@H](C(=O)N1CCC[C@H]1C1=NC=C(c2ccc(-c3ccc(C4=CN=C([C@H]5CCCN5C(=O)[C@H](CC(=O)OC)C(C)C)C4)c4c3C3CCC4C3=O)cc2)C1)C(C)C. The summed E-state index contributed by atoms with van der Waals surface area (Å²) in [5.74, 6) is -1.50. The summed E-state index contributed by atoms with van der Waals surface area (Å²) in [5.41, 5.74) is 10.8. The predicted octanol–water partition coefficient (Wildman–Crippen LogP) is 7.92. The minimum absolute atomic E-state index is 0.000311. The quantitative estimate of drug-likeness (QED) is 0.188. The van der Waals surface area contributed by atoms with Crippen LogP contribution in [0.3, 0.4) is 0 Å². The van der Waals surface area contributed by atoms with Crippen molar-refractivity contribution < 1.29 is 33.4 Å². The van der Waals surface area contributed by atoms with Crippen LogP contribution in [0.5, 0.6) is 0 Å². The van der Waals surface area contributed by atoms with E-state index in [4.69, 9.17) is 19.5 Å². The molecule has 316 valence electrons. The number of nitrogens with zero attached hydrogens (tertiary/aromatic N) is 4. The van der Waals surface area contributed by atoms with Gasteiger partial charge in [-0.1, -0.05) is 64.1 Å². The molecule has 2 bridgehead atoms. The molecule has 2 aliphatic carbocycles. The summed E-state index contributed by atoms with van der Waals surface area (Å²) in [4.78, 5) is 79.3. The summed E-state index contributed by atoms with van der Waals surface area (Å²) in [5, 5.41) is 0. The lowest BCUT2D eigenvalue weighted by Crippen LogP contribution is -2.45. The number of likely N-dealkylation sites (tertiary alicyclic amines) is 2. The Morgan fingerprint density at radius 1 is 0.633 bits per heavy atom. The van der Waals surface area contributed by atoms with E-state index in [0.717, 1.165) is 94.5 Å². The van der Waals surface area contributed by atoms with Crippen molar-refractivity contribution in [3.05, 3.63) is 71.1 Å². The predicted molar refractivity (Wildman–Crippen MR) is 231 cm³/mol. The Hall–Kier alpha value is -5.19. The van der Waals surface area contributed by atoms with Crippen molar-refractivity contribution >= 4 is 52.1 Å². The molecule has 2 aromatic rings. The molecule has 4 aliphatic heterocycles. The average molecular weight is 815 g/mol. The molecule has 6 aliphatic rings. The molecule has 0 spiro atoms. The summed E-state index contributed by atoms with van der Waals surface area (Å²) in [7, 11) is 2.72. The van der Waals surface area contributed by atoms with E-state index >= 15 is 0 Å². The third kappa shape index (κ3) is 7.57. The molecule has 2 unspecified atom stereocenters. The van der Waals surface area contributed by atoms with Crippen molar-refractivity contribution in [1.29, 1.82) is 0 Å². The highest BCUT2D eigenvalue weighted by Gasteiger charge is 2.48. The van der Waals surface area contributed by atoms with Crippen molar-refractivity contribution in [3.63, 3.8) is 0 Å². The molecular weight excluding hydrogens is 757 g/mol. The van der Waals surface area contributed by atoms with E-state index in [0.29, 0.717) is 31.7 Å². The van der Waals surface area contributed by atoms with Gasteiger partial charge in [-0.2, -0.15) is 0 Å². The highest BCUT2D eigenvalue weighted by atomic mass is 16.5. The molecule has 0 radical (unpaired) electrons. The average Bonchev–Trinajstić information content (AvgIpc) is 4.12. The third-order valence-corrected chi connectivity index (χ3v) is 14.2. The van der Waals surface area contributed by atoms with Gasteiger partial charge >= 0.3 is 11.9 Å². The number of esters is 2. The van der Waals surface area contributed by atoms with Gasteiger partial charge in [-0.25, -0.2) is 0 Å². The number of ketones is 1. The van der Waals surface area contributed by atoms with Crippen LogP contribution in [-0.2, 0) is 33.4 Å². The van der Waals surface area contributed by atoms with Gasteiger partial charge in [0.15, 0.2) is 0 Å². The second-order valence-electron chi connectivity index (χ2n) is 18.2. The maximum atomic E-state index is 13.9. The van der Waals surface area contributed by atoms with Crippen molar-refractivity contribution in [2.75, 3.05) is 27.3 Å². The van der Waals surface area contributed by atoms with Crippen LogP contribution in [0.2, 0.25) is 0 Å². The Labute approximate surface area is 353 Å². The van der Waals surface area contributed by atoms with Gasteiger partial charge < -0.3 is 19.3 Å². The maximum Gasteiger partial charge on any atom is 0.306 e. The molecule has 60 heavy (non-hydrogen) atoms. The van der Waals surface area contributed by atoms with E-state index in [1.807, 2.05) is 49.9 Å². The van der Waals surface area contributed by atoms with Crippen molar-refractivity contribution in [2.24, 2.45) is 33.7 Å². The molecule has 1 saturated carbocycles. The van der Waals surface area contributed by atoms with E-state index in [-0.39, 0.29) is 72.3 Å². The first kappa shape index (κ1) is 41.5. The first-order chi connectivity index (χ1) is 28.9. The van der Waals surface area contributed by atoms with Crippen molar-refractivity contribution in [1.82, 2.24) is 9.80 Å². The number of methoxy groups -OCH3 is 2. The number of ether oxygens (including phenoxy) is 2. The van der Waals surface area contributed by atoms with E-state index < -0.39 is 11.8 Å². The molecule has 8 rings (SSSR count). The minimum Gasteiger partial charge on any atom is -0.469 e. The molecule has 2 amide bonds. The molecule has 2 aromatic carbocycles. The second-order valence-corrected chi connectivity index (χ2v) is 18.2. The number of hydrogen-bond donors (Lipinski definition) is 0. The number of carbonyl (C=O) groups is 5. The molecule has 6 atom stereocenters. The number of fused-ring (bicyclic) bond motifs is 5. The molecule has 11 heteroatoms. The zero-order valence-electron chi connectivity index (χ0n) is 35.9. The van der Waals surface area contributed by atoms with Crippen LogP contribution in [0.15, 0.2) is 58.8 Å². The fraction of sp³-hybridized carbons (Fsp3) is 0.531. The monoisotopic (exact) mass is 814 g/mol. The number of aliphatic imine (C=N–C) groups is 2. The van der Waals surface area contributed by atoms with E-state index in [1.165, 1.54) is 14.2 Å². The van der Waals surface area contributed by atoms with Crippen LogP contribution < -0.4 is 0 Å². The Balaban J connectivity index is 0.969. The lowest BCUT2D eigenvalue weighted by Gasteiger charge is -2.30. The van der Waals surface area contributed by atoms with Gasteiger partial charge in [0.1, 0.15) is 5.78 Å². The van der Waals surface area contributed by atoms with Crippen LogP contribution in [0.1, 0.15) is 126 Å². The summed E-state index contributed by atoms with van der Waals surface area (Å²) in [6.07, 6.45) is 10.5. The number of hydrogen-bond acceptors (Lipinski definition) is 9. The molecule has 0 aromatic heterocycles. The van der Waals surface area contributed by atoms with Crippen molar-refractivity contribution in [2.45, 2.75) is 116 Å². The molecule has 4 heterocycles. The van der Waals surface area contributed by atoms with Gasteiger partial charge in [-0.15, -0.1) is 0 Å². The van der Waals surface area contributed by atoms with E-state index in [9.17, 15) is 24.0 Å². The highest BCUT2D eigenvalue weighted by molar-refractivity contribution is 6.07. The first-order valence-corrected chi connectivity index (χ1v) is 22.0. The van der Waals surface area contributed by atoms with E-state index in [1.54, 1.807) is 0 Å². The minimum atomic E-state index is -0.441. The normalized spacial score (nSPS) is 24.1. The summed E-state index contributed by atoms with van der Waals surface area (Å²) < 4.78 is 9.82. The maximum absolute atomic E-state index is 13.9. The zero-order chi connectivity index (χ0) is 42.4. The van der Waals surface area contributed by atoms with Crippen LogP contribution in [0, 0.1) is 23.7 Å². The van der Waals surface area contributed by atoms with E-state index in [2.05, 4.69) is 36.4 Å². The number of rotatable bonds is 13. The summed E-state index contributed by atoms with van der Waals surface area (Å²) in [6, 6.07) is 12.7.